The highest BCUT2D eigenvalue weighted by molar-refractivity contribution is 4.70. The maximum atomic E-state index is 8.70. The highest BCUT2D eigenvalue weighted by Gasteiger charge is 2.12. The zero-order valence-electron chi connectivity index (χ0n) is 7.59. The van der Waals surface area contributed by atoms with Crippen LogP contribution in [-0.2, 0) is 0 Å². The lowest BCUT2D eigenvalue weighted by Crippen LogP contribution is -2.40. The van der Waals surface area contributed by atoms with E-state index in [2.05, 4.69) is 26.1 Å². The summed E-state index contributed by atoms with van der Waals surface area (Å²) in [5.41, 5.74) is 0.197. The molecule has 0 rings (SSSR count). The van der Waals surface area contributed by atoms with E-state index in [-0.39, 0.29) is 24.7 Å². The summed E-state index contributed by atoms with van der Waals surface area (Å²) in [5, 5.41) is 20.5. The van der Waals surface area contributed by atoms with Gasteiger partial charge in [0.25, 0.3) is 0 Å². The third-order valence-corrected chi connectivity index (χ3v) is 1.36. The third kappa shape index (κ3) is 6.28. The minimum Gasteiger partial charge on any atom is -0.395 e. The second-order valence-electron chi connectivity index (χ2n) is 4.00. The van der Waals surface area contributed by atoms with Gasteiger partial charge in [-0.3, -0.25) is 0 Å². The van der Waals surface area contributed by atoms with Gasteiger partial charge >= 0.3 is 0 Å². The largest absolute Gasteiger partial charge is 0.395 e. The van der Waals surface area contributed by atoms with E-state index in [0.29, 0.717) is 0 Å². The van der Waals surface area contributed by atoms with E-state index in [9.17, 15) is 0 Å². The van der Waals surface area contributed by atoms with Crippen molar-refractivity contribution in [1.82, 2.24) is 5.32 Å². The van der Waals surface area contributed by atoms with Crippen molar-refractivity contribution in [3.8, 4) is 0 Å². The second-order valence-corrected chi connectivity index (χ2v) is 4.00. The van der Waals surface area contributed by atoms with Crippen molar-refractivity contribution in [1.29, 1.82) is 0 Å². The van der Waals surface area contributed by atoms with Gasteiger partial charge in [-0.05, 0) is 5.41 Å². The highest BCUT2D eigenvalue weighted by atomic mass is 16.3. The molecule has 0 aromatic rings. The molecule has 0 spiro atoms. The molecule has 0 aromatic heterocycles. The van der Waals surface area contributed by atoms with Gasteiger partial charge in [-0.15, -0.1) is 0 Å². The Labute approximate surface area is 68.4 Å². The Kier molecular flexibility index (Phi) is 4.65. The fraction of sp³-hybridized carbons (Fsp3) is 1.00. The van der Waals surface area contributed by atoms with Crippen molar-refractivity contribution in [3.63, 3.8) is 0 Å². The molecule has 11 heavy (non-hydrogen) atoms. The van der Waals surface area contributed by atoms with Crippen LogP contribution in [0.1, 0.15) is 20.8 Å². The van der Waals surface area contributed by atoms with Gasteiger partial charge in [-0.2, -0.15) is 0 Å². The molecular formula is C8H19NO2. The molecule has 3 nitrogen and oxygen atoms in total. The summed E-state index contributed by atoms with van der Waals surface area (Å²) in [7, 11) is 0. The van der Waals surface area contributed by atoms with Crippen LogP contribution in [0.3, 0.4) is 0 Å². The second kappa shape index (κ2) is 4.70. The molecule has 0 saturated heterocycles. The summed E-state index contributed by atoms with van der Waals surface area (Å²) in [4.78, 5) is 0. The molecule has 3 heteroatoms. The van der Waals surface area contributed by atoms with Crippen molar-refractivity contribution < 1.29 is 10.2 Å². The lowest BCUT2D eigenvalue weighted by molar-refractivity contribution is 0.162. The Morgan fingerprint density at radius 1 is 1.18 bits per heavy atom. The average Bonchev–Trinajstić information content (AvgIpc) is 1.88. The van der Waals surface area contributed by atoms with Gasteiger partial charge in [0.1, 0.15) is 0 Å². The minimum absolute atomic E-state index is 0.00736. The number of aliphatic hydroxyl groups excluding tert-OH is 2. The Morgan fingerprint density at radius 3 is 1.91 bits per heavy atom. The van der Waals surface area contributed by atoms with Crippen LogP contribution in [0.2, 0.25) is 0 Å². The molecular weight excluding hydrogens is 142 g/mol. The van der Waals surface area contributed by atoms with Gasteiger partial charge in [-0.25, -0.2) is 0 Å². The highest BCUT2D eigenvalue weighted by Crippen LogP contribution is 2.10. The predicted octanol–water partition coefficient (Wildman–Crippen LogP) is -0.0247. The van der Waals surface area contributed by atoms with Crippen molar-refractivity contribution in [3.05, 3.63) is 0 Å². The Bertz CT molecular complexity index is 94.8. The van der Waals surface area contributed by atoms with Crippen molar-refractivity contribution in [2.75, 3.05) is 19.8 Å². The van der Waals surface area contributed by atoms with Gasteiger partial charge in [0, 0.05) is 6.54 Å². The molecule has 0 atom stereocenters. The molecule has 0 aliphatic carbocycles. The molecule has 0 fully saturated rings. The molecule has 0 saturated carbocycles. The SMILES string of the molecule is CC(C)(C)CNC(CO)CO. The van der Waals surface area contributed by atoms with Gasteiger partial charge in [0.15, 0.2) is 0 Å². The summed E-state index contributed by atoms with van der Waals surface area (Å²) in [5.74, 6) is 0. The zero-order chi connectivity index (χ0) is 8.91. The predicted molar refractivity (Wildman–Crippen MR) is 45.4 cm³/mol. The summed E-state index contributed by atoms with van der Waals surface area (Å²) < 4.78 is 0. The monoisotopic (exact) mass is 161 g/mol. The van der Waals surface area contributed by atoms with E-state index >= 15 is 0 Å². The van der Waals surface area contributed by atoms with Crippen LogP contribution in [0.5, 0.6) is 0 Å². The van der Waals surface area contributed by atoms with E-state index in [1.807, 2.05) is 0 Å². The Morgan fingerprint density at radius 2 is 1.64 bits per heavy atom. The maximum Gasteiger partial charge on any atom is 0.0607 e. The van der Waals surface area contributed by atoms with Crippen LogP contribution >= 0.6 is 0 Å². The summed E-state index contributed by atoms with van der Waals surface area (Å²) in [6.45, 7) is 7.10. The standard InChI is InChI=1S/C8H19NO2/c1-8(2,3)6-9-7(4-10)5-11/h7,9-11H,4-6H2,1-3H3. The van der Waals surface area contributed by atoms with Crippen LogP contribution in [0, 0.1) is 5.41 Å². The molecule has 0 aromatic carbocycles. The fourth-order valence-electron chi connectivity index (χ4n) is 0.637. The van der Waals surface area contributed by atoms with Crippen molar-refractivity contribution in [2.24, 2.45) is 5.41 Å². The van der Waals surface area contributed by atoms with Crippen molar-refractivity contribution in [2.45, 2.75) is 26.8 Å². The van der Waals surface area contributed by atoms with Gasteiger partial charge < -0.3 is 15.5 Å². The molecule has 3 N–H and O–H groups in total. The number of aliphatic hydroxyl groups is 2. The molecule has 0 bridgehead atoms. The third-order valence-electron chi connectivity index (χ3n) is 1.36. The Balaban J connectivity index is 3.51. The van der Waals surface area contributed by atoms with E-state index in [4.69, 9.17) is 10.2 Å². The lowest BCUT2D eigenvalue weighted by atomic mass is 9.96. The van der Waals surface area contributed by atoms with Gasteiger partial charge in [0.05, 0.1) is 19.3 Å². The van der Waals surface area contributed by atoms with E-state index in [1.54, 1.807) is 0 Å². The average molecular weight is 161 g/mol. The first kappa shape index (κ1) is 10.9. The topological polar surface area (TPSA) is 52.5 Å². The summed E-state index contributed by atoms with van der Waals surface area (Å²) >= 11 is 0. The van der Waals surface area contributed by atoms with E-state index in [0.717, 1.165) is 6.54 Å². The summed E-state index contributed by atoms with van der Waals surface area (Å²) in [6, 6.07) is -0.172. The van der Waals surface area contributed by atoms with Crippen LogP contribution in [0.4, 0.5) is 0 Å². The van der Waals surface area contributed by atoms with Crippen LogP contribution in [0.25, 0.3) is 0 Å². The van der Waals surface area contributed by atoms with Crippen LogP contribution in [0.15, 0.2) is 0 Å². The lowest BCUT2D eigenvalue weighted by Gasteiger charge is -2.22. The molecule has 0 radical (unpaired) electrons. The first-order valence-electron chi connectivity index (χ1n) is 3.94. The minimum atomic E-state index is -0.172. The van der Waals surface area contributed by atoms with E-state index < -0.39 is 0 Å². The van der Waals surface area contributed by atoms with Crippen molar-refractivity contribution >= 4 is 0 Å². The van der Waals surface area contributed by atoms with Gasteiger partial charge in [0.2, 0.25) is 0 Å². The first-order valence-corrected chi connectivity index (χ1v) is 3.94. The van der Waals surface area contributed by atoms with Crippen LogP contribution < -0.4 is 5.32 Å². The number of hydrogen-bond donors (Lipinski definition) is 3. The molecule has 68 valence electrons. The molecule has 0 aliphatic rings. The molecule has 0 aliphatic heterocycles. The van der Waals surface area contributed by atoms with Gasteiger partial charge in [-0.1, -0.05) is 20.8 Å². The molecule has 0 heterocycles. The van der Waals surface area contributed by atoms with Crippen LogP contribution in [-0.4, -0.2) is 36.0 Å². The first-order chi connectivity index (χ1) is 4.99. The number of hydrogen-bond acceptors (Lipinski definition) is 3. The molecule has 0 unspecified atom stereocenters. The summed E-state index contributed by atoms with van der Waals surface area (Å²) in [6.07, 6.45) is 0. The molecule has 0 amide bonds. The van der Waals surface area contributed by atoms with E-state index in [1.165, 1.54) is 0 Å². The number of nitrogens with one attached hydrogen (secondary N) is 1. The quantitative estimate of drug-likeness (QED) is 0.543. The number of rotatable bonds is 4. The zero-order valence-corrected chi connectivity index (χ0v) is 7.59. The Hall–Kier alpha value is -0.120. The maximum absolute atomic E-state index is 8.70. The normalized spacial score (nSPS) is 12.5. The smallest absolute Gasteiger partial charge is 0.0607 e. The fourth-order valence-corrected chi connectivity index (χ4v) is 0.637.